The van der Waals surface area contributed by atoms with E-state index in [4.69, 9.17) is 4.74 Å². The Morgan fingerprint density at radius 2 is 2.27 bits per heavy atom. The quantitative estimate of drug-likeness (QED) is 0.925. The molecule has 5 heteroatoms. The Balaban J connectivity index is 1.57. The zero-order chi connectivity index (χ0) is 15.5. The number of nitrogens with zero attached hydrogens (tertiary/aromatic N) is 1. The van der Waals surface area contributed by atoms with Crippen LogP contribution in [0.25, 0.3) is 0 Å². The van der Waals surface area contributed by atoms with Gasteiger partial charge in [0.25, 0.3) is 5.91 Å². The number of carbonyl (C=O) groups excluding carboxylic acids is 1. The molecule has 1 aromatic heterocycles. The van der Waals surface area contributed by atoms with Gasteiger partial charge in [-0.15, -0.1) is 11.3 Å². The van der Waals surface area contributed by atoms with Crippen molar-refractivity contribution in [2.24, 2.45) is 5.92 Å². The average molecular weight is 322 g/mol. The first kappa shape index (κ1) is 16.0. The number of morpholine rings is 1. The highest BCUT2D eigenvalue weighted by atomic mass is 32.1. The van der Waals surface area contributed by atoms with Gasteiger partial charge in [0.1, 0.15) is 0 Å². The van der Waals surface area contributed by atoms with Crippen molar-refractivity contribution in [2.75, 3.05) is 32.8 Å². The standard InChI is InChI=1S/C17H26N2O2S/c1-12-3-4-14-15(11-22-16(14)9-12)17(20)18-13(2)10-19-5-7-21-8-6-19/h11-13H,3-10H2,1-2H3,(H,18,20)/t12-,13+/m0/s1. The van der Waals surface area contributed by atoms with Gasteiger partial charge in [-0.25, -0.2) is 0 Å². The lowest BCUT2D eigenvalue weighted by atomic mass is 9.88. The van der Waals surface area contributed by atoms with Gasteiger partial charge in [0, 0.05) is 35.9 Å². The molecule has 3 rings (SSSR count). The fourth-order valence-electron chi connectivity index (χ4n) is 3.39. The summed E-state index contributed by atoms with van der Waals surface area (Å²) < 4.78 is 5.36. The molecule has 0 radical (unpaired) electrons. The number of hydrogen-bond donors (Lipinski definition) is 1. The van der Waals surface area contributed by atoms with Gasteiger partial charge in [-0.05, 0) is 37.7 Å². The molecule has 1 fully saturated rings. The normalized spacial score (nSPS) is 23.8. The lowest BCUT2D eigenvalue weighted by Crippen LogP contribution is -2.46. The van der Waals surface area contributed by atoms with Crippen LogP contribution in [0, 0.1) is 5.92 Å². The SMILES string of the molecule is C[C@H]1CCc2c(C(=O)N[C@H](C)CN3CCOCC3)csc2C1. The highest BCUT2D eigenvalue weighted by Crippen LogP contribution is 2.32. The van der Waals surface area contributed by atoms with Gasteiger partial charge in [-0.3, -0.25) is 9.69 Å². The second-order valence-electron chi connectivity index (χ2n) is 6.69. The zero-order valence-electron chi connectivity index (χ0n) is 13.6. The van der Waals surface area contributed by atoms with Gasteiger partial charge < -0.3 is 10.1 Å². The van der Waals surface area contributed by atoms with Crippen molar-refractivity contribution in [3.63, 3.8) is 0 Å². The van der Waals surface area contributed by atoms with Crippen molar-refractivity contribution >= 4 is 17.2 Å². The molecule has 0 spiro atoms. The number of rotatable bonds is 4. The smallest absolute Gasteiger partial charge is 0.252 e. The highest BCUT2D eigenvalue weighted by Gasteiger charge is 2.24. The Bertz CT molecular complexity index is 523. The first-order chi connectivity index (χ1) is 10.6. The molecule has 22 heavy (non-hydrogen) atoms. The van der Waals surface area contributed by atoms with E-state index in [-0.39, 0.29) is 11.9 Å². The Labute approximate surface area is 136 Å². The van der Waals surface area contributed by atoms with Crippen molar-refractivity contribution < 1.29 is 9.53 Å². The van der Waals surface area contributed by atoms with Crippen molar-refractivity contribution in [3.05, 3.63) is 21.4 Å². The number of amides is 1. The van der Waals surface area contributed by atoms with Crippen molar-refractivity contribution in [2.45, 2.75) is 39.2 Å². The maximum atomic E-state index is 12.6. The zero-order valence-corrected chi connectivity index (χ0v) is 14.4. The van der Waals surface area contributed by atoms with Gasteiger partial charge in [0.2, 0.25) is 0 Å². The fourth-order valence-corrected chi connectivity index (χ4v) is 4.63. The van der Waals surface area contributed by atoms with E-state index >= 15 is 0 Å². The number of carbonyl (C=O) groups is 1. The van der Waals surface area contributed by atoms with Gasteiger partial charge in [0.05, 0.1) is 18.8 Å². The Kier molecular flexibility index (Phi) is 5.16. The molecule has 0 unspecified atom stereocenters. The molecule has 1 amide bonds. The van der Waals surface area contributed by atoms with Crippen LogP contribution in [0.3, 0.4) is 0 Å². The van der Waals surface area contributed by atoms with E-state index in [1.807, 2.05) is 0 Å². The molecule has 2 atom stereocenters. The number of hydrogen-bond acceptors (Lipinski definition) is 4. The van der Waals surface area contributed by atoms with Crippen LogP contribution in [-0.2, 0) is 17.6 Å². The third kappa shape index (κ3) is 3.70. The third-order valence-corrected chi connectivity index (χ3v) is 5.71. The van der Waals surface area contributed by atoms with E-state index in [1.165, 1.54) is 16.9 Å². The van der Waals surface area contributed by atoms with Crippen LogP contribution in [0.1, 0.15) is 41.1 Å². The molecule has 0 saturated carbocycles. The molecule has 2 heterocycles. The third-order valence-electron chi connectivity index (χ3n) is 4.66. The Morgan fingerprint density at radius 3 is 3.05 bits per heavy atom. The van der Waals surface area contributed by atoms with Gasteiger partial charge >= 0.3 is 0 Å². The lowest BCUT2D eigenvalue weighted by molar-refractivity contribution is 0.0342. The number of ether oxygens (including phenoxy) is 1. The molecule has 0 bridgehead atoms. The number of fused-ring (bicyclic) bond motifs is 1. The molecular formula is C17H26N2O2S. The van der Waals surface area contributed by atoms with E-state index < -0.39 is 0 Å². The molecular weight excluding hydrogens is 296 g/mol. The molecule has 2 aliphatic rings. The predicted molar refractivity (Wildman–Crippen MR) is 89.7 cm³/mol. The summed E-state index contributed by atoms with van der Waals surface area (Å²) >= 11 is 1.76. The number of nitrogens with one attached hydrogen (secondary N) is 1. The summed E-state index contributed by atoms with van der Waals surface area (Å²) in [6.45, 7) is 8.82. The average Bonchev–Trinajstić information content (AvgIpc) is 2.91. The van der Waals surface area contributed by atoms with E-state index in [0.29, 0.717) is 0 Å². The Hall–Kier alpha value is -0.910. The maximum Gasteiger partial charge on any atom is 0.252 e. The minimum atomic E-state index is 0.104. The van der Waals surface area contributed by atoms with E-state index in [9.17, 15) is 4.79 Å². The molecule has 1 aliphatic carbocycles. The molecule has 0 aromatic carbocycles. The van der Waals surface area contributed by atoms with E-state index in [1.54, 1.807) is 11.3 Å². The van der Waals surface area contributed by atoms with Crippen LogP contribution >= 0.6 is 11.3 Å². The Morgan fingerprint density at radius 1 is 1.50 bits per heavy atom. The second kappa shape index (κ2) is 7.11. The van der Waals surface area contributed by atoms with Gasteiger partial charge in [0.15, 0.2) is 0 Å². The summed E-state index contributed by atoms with van der Waals surface area (Å²) in [5, 5.41) is 5.23. The van der Waals surface area contributed by atoms with Crippen molar-refractivity contribution in [1.82, 2.24) is 10.2 Å². The first-order valence-electron chi connectivity index (χ1n) is 8.33. The predicted octanol–water partition coefficient (Wildman–Crippen LogP) is 2.32. The number of thiophene rings is 1. The topological polar surface area (TPSA) is 41.6 Å². The first-order valence-corrected chi connectivity index (χ1v) is 9.21. The van der Waals surface area contributed by atoms with Gasteiger partial charge in [-0.1, -0.05) is 6.92 Å². The van der Waals surface area contributed by atoms with Crippen LogP contribution in [0.2, 0.25) is 0 Å². The molecule has 122 valence electrons. The summed E-state index contributed by atoms with van der Waals surface area (Å²) in [6, 6.07) is 0.170. The fraction of sp³-hybridized carbons (Fsp3) is 0.706. The minimum Gasteiger partial charge on any atom is -0.379 e. The maximum absolute atomic E-state index is 12.6. The minimum absolute atomic E-state index is 0.104. The van der Waals surface area contributed by atoms with Crippen molar-refractivity contribution in [1.29, 1.82) is 0 Å². The summed E-state index contributed by atoms with van der Waals surface area (Å²) in [5.74, 6) is 0.857. The van der Waals surface area contributed by atoms with Crippen LogP contribution in [0.4, 0.5) is 0 Å². The lowest BCUT2D eigenvalue weighted by Gasteiger charge is -2.29. The largest absolute Gasteiger partial charge is 0.379 e. The molecule has 4 nitrogen and oxygen atoms in total. The van der Waals surface area contributed by atoms with Crippen LogP contribution in [0.5, 0.6) is 0 Å². The van der Waals surface area contributed by atoms with Crippen LogP contribution in [0.15, 0.2) is 5.38 Å². The van der Waals surface area contributed by atoms with E-state index in [0.717, 1.165) is 57.2 Å². The van der Waals surface area contributed by atoms with Crippen LogP contribution < -0.4 is 5.32 Å². The van der Waals surface area contributed by atoms with Gasteiger partial charge in [-0.2, -0.15) is 0 Å². The van der Waals surface area contributed by atoms with E-state index in [2.05, 4.69) is 29.4 Å². The highest BCUT2D eigenvalue weighted by molar-refractivity contribution is 7.10. The molecule has 1 saturated heterocycles. The summed E-state index contributed by atoms with van der Waals surface area (Å²) in [4.78, 5) is 16.3. The molecule has 1 aliphatic heterocycles. The summed E-state index contributed by atoms with van der Waals surface area (Å²) in [5.41, 5.74) is 2.22. The van der Waals surface area contributed by atoms with Crippen molar-refractivity contribution in [3.8, 4) is 0 Å². The summed E-state index contributed by atoms with van der Waals surface area (Å²) in [6.07, 6.45) is 3.39. The van der Waals surface area contributed by atoms with Crippen LogP contribution in [-0.4, -0.2) is 49.7 Å². The molecule has 1 aromatic rings. The monoisotopic (exact) mass is 322 g/mol. The second-order valence-corrected chi connectivity index (χ2v) is 7.65. The molecule has 1 N–H and O–H groups in total. The summed E-state index contributed by atoms with van der Waals surface area (Å²) in [7, 11) is 0.